The van der Waals surface area contributed by atoms with Crippen LogP contribution in [0, 0.1) is 0 Å². The third-order valence-corrected chi connectivity index (χ3v) is 3.10. The van der Waals surface area contributed by atoms with Crippen molar-refractivity contribution >= 4 is 5.69 Å². The fourth-order valence-corrected chi connectivity index (χ4v) is 2.09. The molecule has 2 aromatic rings. The third kappa shape index (κ3) is 4.08. The SMILES string of the molecule is COCC(CCCN)Nc1ccc(-c2cnco2)cc1. The first-order chi connectivity index (χ1) is 9.83. The first-order valence-electron chi connectivity index (χ1n) is 6.78. The lowest BCUT2D eigenvalue weighted by Crippen LogP contribution is -2.25. The average Bonchev–Trinajstić information content (AvgIpc) is 3.00. The lowest BCUT2D eigenvalue weighted by molar-refractivity contribution is 0.182. The van der Waals surface area contributed by atoms with E-state index in [1.54, 1.807) is 13.3 Å². The molecule has 3 N–H and O–H groups in total. The Morgan fingerprint density at radius 1 is 1.35 bits per heavy atom. The smallest absolute Gasteiger partial charge is 0.181 e. The monoisotopic (exact) mass is 275 g/mol. The number of nitrogens with zero attached hydrogens (tertiary/aromatic N) is 1. The number of oxazole rings is 1. The molecule has 0 saturated heterocycles. The molecule has 108 valence electrons. The Kier molecular flexibility index (Phi) is 5.58. The second-order valence-electron chi connectivity index (χ2n) is 4.67. The zero-order valence-corrected chi connectivity index (χ0v) is 11.7. The van der Waals surface area contributed by atoms with Crippen LogP contribution in [0.5, 0.6) is 0 Å². The highest BCUT2D eigenvalue weighted by atomic mass is 16.5. The quantitative estimate of drug-likeness (QED) is 0.774. The molecule has 0 aliphatic heterocycles. The number of nitrogens with two attached hydrogens (primary N) is 1. The molecular weight excluding hydrogens is 254 g/mol. The second-order valence-corrected chi connectivity index (χ2v) is 4.67. The average molecular weight is 275 g/mol. The molecule has 1 heterocycles. The van der Waals surface area contributed by atoms with Gasteiger partial charge in [0.05, 0.1) is 12.8 Å². The van der Waals surface area contributed by atoms with Gasteiger partial charge in [-0.25, -0.2) is 4.98 Å². The molecule has 5 nitrogen and oxygen atoms in total. The Morgan fingerprint density at radius 2 is 2.15 bits per heavy atom. The standard InChI is InChI=1S/C15H21N3O2/c1-19-10-14(3-2-8-16)18-13-6-4-12(5-7-13)15-9-17-11-20-15/h4-7,9,11,14,18H,2-3,8,10,16H2,1H3. The van der Waals surface area contributed by atoms with E-state index in [2.05, 4.69) is 10.3 Å². The van der Waals surface area contributed by atoms with E-state index in [-0.39, 0.29) is 6.04 Å². The van der Waals surface area contributed by atoms with Crippen LogP contribution in [-0.2, 0) is 4.74 Å². The largest absolute Gasteiger partial charge is 0.444 e. The molecule has 0 spiro atoms. The van der Waals surface area contributed by atoms with Gasteiger partial charge in [-0.15, -0.1) is 0 Å². The number of aromatic nitrogens is 1. The van der Waals surface area contributed by atoms with Crippen molar-refractivity contribution in [3.8, 4) is 11.3 Å². The molecule has 1 aromatic carbocycles. The highest BCUT2D eigenvalue weighted by Gasteiger charge is 2.08. The van der Waals surface area contributed by atoms with E-state index in [0.717, 1.165) is 29.9 Å². The fourth-order valence-electron chi connectivity index (χ4n) is 2.09. The van der Waals surface area contributed by atoms with Crippen LogP contribution in [0.15, 0.2) is 41.3 Å². The molecule has 20 heavy (non-hydrogen) atoms. The van der Waals surface area contributed by atoms with Gasteiger partial charge in [-0.2, -0.15) is 0 Å². The number of hydrogen-bond donors (Lipinski definition) is 2. The Labute approximate surface area is 119 Å². The first-order valence-corrected chi connectivity index (χ1v) is 6.78. The molecule has 0 saturated carbocycles. The highest BCUT2D eigenvalue weighted by Crippen LogP contribution is 2.21. The van der Waals surface area contributed by atoms with Crippen molar-refractivity contribution in [1.82, 2.24) is 4.98 Å². The predicted molar refractivity (Wildman–Crippen MR) is 79.5 cm³/mol. The summed E-state index contributed by atoms with van der Waals surface area (Å²) in [4.78, 5) is 3.92. The maximum absolute atomic E-state index is 5.56. The van der Waals surface area contributed by atoms with Gasteiger partial charge in [0.25, 0.3) is 0 Å². The maximum atomic E-state index is 5.56. The van der Waals surface area contributed by atoms with E-state index >= 15 is 0 Å². The van der Waals surface area contributed by atoms with Crippen molar-refractivity contribution in [3.05, 3.63) is 36.9 Å². The maximum Gasteiger partial charge on any atom is 0.181 e. The van der Waals surface area contributed by atoms with Crippen LogP contribution in [0.4, 0.5) is 5.69 Å². The van der Waals surface area contributed by atoms with Gasteiger partial charge >= 0.3 is 0 Å². The number of rotatable bonds is 8. The molecule has 0 aliphatic carbocycles. The van der Waals surface area contributed by atoms with Crippen LogP contribution in [-0.4, -0.2) is 31.3 Å². The van der Waals surface area contributed by atoms with Gasteiger partial charge in [-0.05, 0) is 43.7 Å². The normalized spacial score (nSPS) is 12.3. The Bertz CT molecular complexity index is 482. The summed E-state index contributed by atoms with van der Waals surface area (Å²) in [5.41, 5.74) is 7.63. The van der Waals surface area contributed by atoms with E-state index in [4.69, 9.17) is 14.9 Å². The van der Waals surface area contributed by atoms with E-state index in [1.165, 1.54) is 6.39 Å². The number of anilines is 1. The summed E-state index contributed by atoms with van der Waals surface area (Å²) in [6.07, 6.45) is 5.12. The van der Waals surface area contributed by atoms with Gasteiger partial charge in [-0.1, -0.05) is 0 Å². The van der Waals surface area contributed by atoms with Gasteiger partial charge in [0, 0.05) is 24.4 Å². The molecular formula is C15H21N3O2. The van der Waals surface area contributed by atoms with Gasteiger partial charge in [0.1, 0.15) is 0 Å². The molecule has 0 bridgehead atoms. The lowest BCUT2D eigenvalue weighted by Gasteiger charge is -2.19. The molecule has 0 radical (unpaired) electrons. The number of ether oxygens (including phenoxy) is 1. The Hall–Kier alpha value is -1.85. The van der Waals surface area contributed by atoms with Crippen molar-refractivity contribution in [3.63, 3.8) is 0 Å². The van der Waals surface area contributed by atoms with Crippen LogP contribution < -0.4 is 11.1 Å². The van der Waals surface area contributed by atoms with Gasteiger partial charge in [0.15, 0.2) is 12.2 Å². The van der Waals surface area contributed by atoms with Crippen LogP contribution in [0.2, 0.25) is 0 Å². The number of nitrogens with one attached hydrogen (secondary N) is 1. The summed E-state index contributed by atoms with van der Waals surface area (Å²) in [5.74, 6) is 0.771. The van der Waals surface area contributed by atoms with E-state index in [1.807, 2.05) is 24.3 Å². The second kappa shape index (κ2) is 7.67. The summed E-state index contributed by atoms with van der Waals surface area (Å²) in [6.45, 7) is 1.37. The van der Waals surface area contributed by atoms with Crippen LogP contribution in [0.3, 0.4) is 0 Å². The molecule has 1 aromatic heterocycles. The molecule has 1 unspecified atom stereocenters. The molecule has 5 heteroatoms. The zero-order chi connectivity index (χ0) is 14.2. The number of methoxy groups -OCH3 is 1. The van der Waals surface area contributed by atoms with Gasteiger partial charge in [-0.3, -0.25) is 0 Å². The van der Waals surface area contributed by atoms with Crippen molar-refractivity contribution in [2.24, 2.45) is 5.73 Å². The van der Waals surface area contributed by atoms with Crippen molar-refractivity contribution in [2.45, 2.75) is 18.9 Å². The van der Waals surface area contributed by atoms with Gasteiger partial charge in [0.2, 0.25) is 0 Å². The van der Waals surface area contributed by atoms with Crippen LogP contribution in [0.25, 0.3) is 11.3 Å². The summed E-state index contributed by atoms with van der Waals surface area (Å²) in [7, 11) is 1.71. The van der Waals surface area contributed by atoms with Crippen molar-refractivity contribution in [2.75, 3.05) is 25.6 Å². The molecule has 1 atom stereocenters. The molecule has 2 rings (SSSR count). The highest BCUT2D eigenvalue weighted by molar-refractivity contribution is 5.60. The number of hydrogen-bond acceptors (Lipinski definition) is 5. The number of benzene rings is 1. The molecule has 0 fully saturated rings. The minimum Gasteiger partial charge on any atom is -0.444 e. The summed E-state index contributed by atoms with van der Waals surface area (Å²) < 4.78 is 10.5. The van der Waals surface area contributed by atoms with Crippen molar-refractivity contribution in [1.29, 1.82) is 0 Å². The zero-order valence-electron chi connectivity index (χ0n) is 11.7. The Morgan fingerprint density at radius 3 is 2.75 bits per heavy atom. The molecule has 0 aliphatic rings. The third-order valence-electron chi connectivity index (χ3n) is 3.10. The molecule has 0 amide bonds. The summed E-state index contributed by atoms with van der Waals surface area (Å²) in [5, 5.41) is 3.46. The van der Waals surface area contributed by atoms with Gasteiger partial charge < -0.3 is 20.2 Å². The van der Waals surface area contributed by atoms with E-state index in [9.17, 15) is 0 Å². The minimum atomic E-state index is 0.277. The minimum absolute atomic E-state index is 0.277. The fraction of sp³-hybridized carbons (Fsp3) is 0.400. The summed E-state index contributed by atoms with van der Waals surface area (Å²) >= 11 is 0. The summed E-state index contributed by atoms with van der Waals surface area (Å²) in [6, 6.07) is 8.36. The Balaban J connectivity index is 1.98. The van der Waals surface area contributed by atoms with Crippen LogP contribution in [0.1, 0.15) is 12.8 Å². The predicted octanol–water partition coefficient (Wildman–Crippen LogP) is 2.51. The van der Waals surface area contributed by atoms with E-state index < -0.39 is 0 Å². The van der Waals surface area contributed by atoms with Crippen molar-refractivity contribution < 1.29 is 9.15 Å². The topological polar surface area (TPSA) is 73.3 Å². The first kappa shape index (κ1) is 14.6. The van der Waals surface area contributed by atoms with E-state index in [0.29, 0.717) is 13.2 Å². The lowest BCUT2D eigenvalue weighted by atomic mass is 10.1. The van der Waals surface area contributed by atoms with Crippen LogP contribution >= 0.6 is 0 Å².